The number of hydrogen-bond acceptors (Lipinski definition) is 6. The van der Waals surface area contributed by atoms with Gasteiger partial charge in [0.25, 0.3) is 0 Å². The molecule has 0 spiro atoms. The Labute approximate surface area is 244 Å². The summed E-state index contributed by atoms with van der Waals surface area (Å²) >= 11 is 5.00. The number of aromatic nitrogens is 1. The van der Waals surface area contributed by atoms with Crippen molar-refractivity contribution in [2.24, 2.45) is 17.3 Å². The van der Waals surface area contributed by atoms with Crippen molar-refractivity contribution in [3.8, 4) is 10.4 Å². The lowest BCUT2D eigenvalue weighted by atomic mass is 9.77. The molecular weight excluding hydrogens is 578 g/mol. The van der Waals surface area contributed by atoms with E-state index in [-0.39, 0.29) is 36.5 Å². The summed E-state index contributed by atoms with van der Waals surface area (Å²) in [4.78, 5) is 45.3. The van der Waals surface area contributed by atoms with Crippen LogP contribution in [0.1, 0.15) is 83.5 Å². The molecule has 3 rings (SSSR count). The average molecular weight is 621 g/mol. The number of carbonyl (C=O) groups is 3. The monoisotopic (exact) mass is 619 g/mol. The topological polar surface area (TPSA) is 108 Å². The third-order valence-electron chi connectivity index (χ3n) is 7.51. The van der Waals surface area contributed by atoms with Gasteiger partial charge in [0.1, 0.15) is 0 Å². The zero-order valence-corrected chi connectivity index (χ0v) is 26.0. The summed E-state index contributed by atoms with van der Waals surface area (Å²) in [6, 6.07) is 7.05. The van der Waals surface area contributed by atoms with E-state index in [9.17, 15) is 19.5 Å². The van der Waals surface area contributed by atoms with Gasteiger partial charge in [0, 0.05) is 17.7 Å². The first-order valence-corrected chi connectivity index (χ1v) is 15.8. The van der Waals surface area contributed by atoms with Crippen LogP contribution in [0.2, 0.25) is 0 Å². The van der Waals surface area contributed by atoms with Crippen LogP contribution in [0.4, 0.5) is 0 Å². The molecule has 5 atom stereocenters. The number of benzene rings is 1. The second-order valence-electron chi connectivity index (χ2n) is 11.7. The van der Waals surface area contributed by atoms with Gasteiger partial charge in [-0.15, -0.1) is 11.3 Å². The number of nitrogens with zero attached hydrogens (tertiary/aromatic N) is 1. The first kappa shape index (κ1) is 31.4. The summed E-state index contributed by atoms with van der Waals surface area (Å²) in [5.41, 5.74) is 4.33. The lowest BCUT2D eigenvalue weighted by Gasteiger charge is -2.33. The second-order valence-corrected chi connectivity index (χ2v) is 13.4. The van der Waals surface area contributed by atoms with Crippen LogP contribution in [0.25, 0.3) is 10.4 Å². The summed E-state index contributed by atoms with van der Waals surface area (Å²) in [5, 5.41) is 17.4. The molecule has 1 saturated carbocycles. The van der Waals surface area contributed by atoms with Crippen molar-refractivity contribution in [3.05, 3.63) is 41.0 Å². The quantitative estimate of drug-likeness (QED) is 0.207. The van der Waals surface area contributed by atoms with Gasteiger partial charge in [0.2, 0.25) is 11.8 Å². The number of aryl methyl sites for hydroxylation is 1. The highest BCUT2D eigenvalue weighted by molar-refractivity contribution is 9.09. The van der Waals surface area contributed by atoms with Gasteiger partial charge in [-0.1, -0.05) is 67.4 Å². The SMILES string of the molecule is Cc1ncsc1-c1ccc([C@@H](C)NC(=O)[C@@H]2C[C@@H](O)CC2C(=O)C(NC(=O)CCCCCBr)C(C)(C)C)cc1. The fourth-order valence-corrected chi connectivity index (χ4v) is 6.45. The molecule has 0 radical (unpaired) electrons. The summed E-state index contributed by atoms with van der Waals surface area (Å²) < 4.78 is 0. The number of thiazole rings is 1. The molecule has 214 valence electrons. The lowest BCUT2D eigenvalue weighted by molar-refractivity contribution is -0.137. The van der Waals surface area contributed by atoms with Gasteiger partial charge in [-0.25, -0.2) is 4.98 Å². The largest absolute Gasteiger partial charge is 0.393 e. The molecule has 0 aliphatic heterocycles. The molecule has 9 heteroatoms. The Morgan fingerprint density at radius 1 is 1.08 bits per heavy atom. The van der Waals surface area contributed by atoms with Gasteiger partial charge in [-0.3, -0.25) is 14.4 Å². The van der Waals surface area contributed by atoms with E-state index in [0.29, 0.717) is 6.42 Å². The molecule has 0 bridgehead atoms. The minimum Gasteiger partial charge on any atom is -0.393 e. The first-order valence-electron chi connectivity index (χ1n) is 13.8. The normalized spacial score (nSPS) is 20.8. The van der Waals surface area contributed by atoms with Crippen molar-refractivity contribution in [1.29, 1.82) is 0 Å². The third kappa shape index (κ3) is 8.44. The van der Waals surface area contributed by atoms with Gasteiger partial charge in [0.15, 0.2) is 5.78 Å². The molecule has 2 aromatic rings. The molecule has 1 aromatic carbocycles. The number of ketones is 1. The van der Waals surface area contributed by atoms with Crippen molar-refractivity contribution in [3.63, 3.8) is 0 Å². The Hall–Kier alpha value is -2.10. The number of unbranched alkanes of at least 4 members (excludes halogenated alkanes) is 2. The minimum atomic E-state index is -0.730. The number of hydrogen-bond donors (Lipinski definition) is 3. The van der Waals surface area contributed by atoms with E-state index in [1.54, 1.807) is 11.3 Å². The first-order chi connectivity index (χ1) is 18.4. The maximum atomic E-state index is 13.8. The smallest absolute Gasteiger partial charge is 0.224 e. The minimum absolute atomic E-state index is 0.150. The van der Waals surface area contributed by atoms with Crippen molar-refractivity contribution < 1.29 is 19.5 Å². The van der Waals surface area contributed by atoms with E-state index in [2.05, 4.69) is 31.5 Å². The van der Waals surface area contributed by atoms with Gasteiger partial charge in [-0.2, -0.15) is 0 Å². The van der Waals surface area contributed by atoms with Crippen LogP contribution in [0.15, 0.2) is 29.8 Å². The molecule has 2 amide bonds. The van der Waals surface area contributed by atoms with Crippen molar-refractivity contribution in [1.82, 2.24) is 15.6 Å². The highest BCUT2D eigenvalue weighted by atomic mass is 79.9. The molecule has 1 aliphatic carbocycles. The van der Waals surface area contributed by atoms with Crippen LogP contribution in [0.5, 0.6) is 0 Å². The lowest BCUT2D eigenvalue weighted by Crippen LogP contribution is -2.52. The summed E-state index contributed by atoms with van der Waals surface area (Å²) in [6.07, 6.45) is 2.79. The van der Waals surface area contributed by atoms with Crippen molar-refractivity contribution >= 4 is 44.9 Å². The number of aliphatic hydroxyl groups is 1. The number of alkyl halides is 1. The van der Waals surface area contributed by atoms with Gasteiger partial charge in [0.05, 0.1) is 40.2 Å². The van der Waals surface area contributed by atoms with Gasteiger partial charge >= 0.3 is 0 Å². The van der Waals surface area contributed by atoms with Crippen LogP contribution in [-0.2, 0) is 14.4 Å². The fraction of sp³-hybridized carbons (Fsp3) is 0.600. The molecule has 3 N–H and O–H groups in total. The number of rotatable bonds is 12. The number of aliphatic hydroxyl groups excluding tert-OH is 1. The summed E-state index contributed by atoms with van der Waals surface area (Å²) in [6.45, 7) is 9.65. The van der Waals surface area contributed by atoms with E-state index in [1.165, 1.54) is 0 Å². The Bertz CT molecular complexity index is 1130. The standard InChI is InChI=1S/C30H42BrN3O4S/c1-18(20-10-12-21(13-11-20)27-19(2)32-17-39-27)33-29(38)24-16-22(35)15-23(24)26(37)28(30(3,4)5)34-25(36)9-7-6-8-14-31/h10-13,17-18,22-24,28,35H,6-9,14-16H2,1-5H3,(H,33,38)(H,34,36)/t18-,22+,23?,24-,28?/m1/s1. The maximum absolute atomic E-state index is 13.8. The van der Waals surface area contributed by atoms with Gasteiger partial charge in [-0.05, 0) is 56.1 Å². The Morgan fingerprint density at radius 3 is 2.33 bits per heavy atom. The summed E-state index contributed by atoms with van der Waals surface area (Å²) in [5.74, 6) is -1.86. The number of carbonyl (C=O) groups excluding carboxylic acids is 3. The van der Waals surface area contributed by atoms with E-state index in [4.69, 9.17) is 0 Å². The molecule has 2 unspecified atom stereocenters. The predicted molar refractivity (Wildman–Crippen MR) is 160 cm³/mol. The average Bonchev–Trinajstić information content (AvgIpc) is 3.49. The fourth-order valence-electron chi connectivity index (χ4n) is 5.24. The Morgan fingerprint density at radius 2 is 1.74 bits per heavy atom. The van der Waals surface area contributed by atoms with Gasteiger partial charge < -0.3 is 15.7 Å². The van der Waals surface area contributed by atoms with E-state index < -0.39 is 29.4 Å². The third-order valence-corrected chi connectivity index (χ3v) is 9.05. The van der Waals surface area contributed by atoms with Crippen LogP contribution < -0.4 is 10.6 Å². The molecule has 1 heterocycles. The van der Waals surface area contributed by atoms with Crippen molar-refractivity contribution in [2.45, 2.75) is 91.3 Å². The molecule has 1 fully saturated rings. The molecule has 39 heavy (non-hydrogen) atoms. The van der Waals surface area contributed by atoms with Crippen LogP contribution in [-0.4, -0.2) is 45.2 Å². The van der Waals surface area contributed by atoms with E-state index >= 15 is 0 Å². The number of amides is 2. The number of Topliss-reactive ketones (excluding diaryl/α,β-unsaturated/α-hetero) is 1. The zero-order chi connectivity index (χ0) is 28.7. The van der Waals surface area contributed by atoms with Crippen molar-refractivity contribution in [2.75, 3.05) is 5.33 Å². The zero-order valence-electron chi connectivity index (χ0n) is 23.6. The Balaban J connectivity index is 1.68. The van der Waals surface area contributed by atoms with Crippen LogP contribution in [0, 0.1) is 24.2 Å². The Kier molecular flexibility index (Phi) is 11.3. The second kappa shape index (κ2) is 14.0. The van der Waals surface area contributed by atoms with E-state index in [0.717, 1.165) is 46.3 Å². The molecule has 7 nitrogen and oxygen atoms in total. The summed E-state index contributed by atoms with van der Waals surface area (Å²) in [7, 11) is 0. The maximum Gasteiger partial charge on any atom is 0.224 e. The van der Waals surface area contributed by atoms with Crippen LogP contribution in [0.3, 0.4) is 0 Å². The molecule has 0 saturated heterocycles. The molecular formula is C30H42BrN3O4S. The van der Waals surface area contributed by atoms with E-state index in [1.807, 2.05) is 64.4 Å². The highest BCUT2D eigenvalue weighted by Gasteiger charge is 2.46. The van der Waals surface area contributed by atoms with Crippen LogP contribution >= 0.6 is 27.3 Å². The number of halogens is 1. The molecule has 1 aromatic heterocycles. The number of nitrogens with one attached hydrogen (secondary N) is 2. The highest BCUT2D eigenvalue weighted by Crippen LogP contribution is 2.37. The molecule has 1 aliphatic rings. The predicted octanol–water partition coefficient (Wildman–Crippen LogP) is 5.74.